The predicted octanol–water partition coefficient (Wildman–Crippen LogP) is -0.939. The summed E-state index contributed by atoms with van der Waals surface area (Å²) in [5.74, 6) is 0. The molecule has 0 aromatic rings. The highest BCUT2D eigenvalue weighted by molar-refractivity contribution is 7.48. The summed E-state index contributed by atoms with van der Waals surface area (Å²) >= 11 is 0. The Balaban J connectivity index is 3.97. The molecule has 0 aliphatic rings. The third-order valence-electron chi connectivity index (χ3n) is 1.29. The van der Waals surface area contributed by atoms with E-state index < -0.39 is 7.82 Å². The second kappa shape index (κ2) is 10.1. The minimum absolute atomic E-state index is 0.0242. The van der Waals surface area contributed by atoms with Crippen LogP contribution in [0.1, 0.15) is 0 Å². The number of nitrogens with two attached hydrogens (primary N) is 1. The highest BCUT2D eigenvalue weighted by Crippen LogP contribution is 2.48. The lowest BCUT2D eigenvalue weighted by molar-refractivity contribution is 0.0855. The number of phosphoric acid groups is 1. The maximum Gasteiger partial charge on any atom is 0.474 e. The van der Waals surface area contributed by atoms with Crippen molar-refractivity contribution in [3.8, 4) is 0 Å². The number of nitrogens with one attached hydrogen (secondary N) is 2. The second-order valence-corrected chi connectivity index (χ2v) is 4.22. The van der Waals surface area contributed by atoms with Gasteiger partial charge in [-0.05, 0) is 0 Å². The van der Waals surface area contributed by atoms with E-state index in [9.17, 15) is 4.57 Å². The van der Waals surface area contributed by atoms with Crippen LogP contribution in [0.3, 0.4) is 0 Å². The van der Waals surface area contributed by atoms with Crippen LogP contribution in [0.25, 0.3) is 0 Å². The molecular formula is C6H18N3O6P. The van der Waals surface area contributed by atoms with Crippen molar-refractivity contribution >= 4 is 7.82 Å². The van der Waals surface area contributed by atoms with Crippen LogP contribution in [-0.2, 0) is 18.1 Å². The van der Waals surface area contributed by atoms with Gasteiger partial charge in [0.15, 0.2) is 0 Å². The van der Waals surface area contributed by atoms with Crippen molar-refractivity contribution in [1.29, 1.82) is 0 Å². The summed E-state index contributed by atoms with van der Waals surface area (Å²) in [6.45, 7) is 0.259. The van der Waals surface area contributed by atoms with E-state index in [4.69, 9.17) is 29.7 Å². The van der Waals surface area contributed by atoms with Gasteiger partial charge in [-0.1, -0.05) is 0 Å². The Morgan fingerprint density at radius 1 is 1.00 bits per heavy atom. The monoisotopic (exact) mass is 259 g/mol. The number of hydrogen-bond acceptors (Lipinski definition) is 9. The third kappa shape index (κ3) is 8.11. The molecule has 0 aromatic heterocycles. The molecule has 0 heterocycles. The lowest BCUT2D eigenvalue weighted by atomic mass is 10.7. The van der Waals surface area contributed by atoms with E-state index in [-0.39, 0.29) is 39.5 Å². The average molecular weight is 259 g/mol. The van der Waals surface area contributed by atoms with E-state index in [0.717, 1.165) is 0 Å². The molecule has 0 unspecified atom stereocenters. The Bertz CT molecular complexity index is 193. The smallest absolute Gasteiger partial charge is 0.328 e. The fourth-order valence-corrected chi connectivity index (χ4v) is 1.86. The molecule has 0 aliphatic heterocycles. The van der Waals surface area contributed by atoms with Crippen LogP contribution in [0.15, 0.2) is 0 Å². The number of hydrogen-bond donors (Lipinski definition) is 5. The van der Waals surface area contributed by atoms with Crippen LogP contribution >= 0.6 is 7.82 Å². The quantitative estimate of drug-likeness (QED) is 0.181. The lowest BCUT2D eigenvalue weighted by Gasteiger charge is -2.17. The molecule has 0 radical (unpaired) electrons. The summed E-state index contributed by atoms with van der Waals surface area (Å²) in [6, 6.07) is 0. The first-order valence-electron chi connectivity index (χ1n) is 4.66. The normalized spacial score (nSPS) is 11.9. The van der Waals surface area contributed by atoms with Crippen molar-refractivity contribution in [3.05, 3.63) is 0 Å². The zero-order chi connectivity index (χ0) is 12.3. The van der Waals surface area contributed by atoms with Gasteiger partial charge in [-0.3, -0.25) is 13.6 Å². The Morgan fingerprint density at radius 3 is 1.81 bits per heavy atom. The third-order valence-corrected chi connectivity index (χ3v) is 2.79. The molecule has 98 valence electrons. The maximum absolute atomic E-state index is 11.8. The first-order chi connectivity index (χ1) is 7.68. The van der Waals surface area contributed by atoms with Crippen LogP contribution in [0.5, 0.6) is 0 Å². The highest BCUT2D eigenvalue weighted by atomic mass is 31.2. The summed E-state index contributed by atoms with van der Waals surface area (Å²) < 4.78 is 26.3. The average Bonchev–Trinajstić information content (AvgIpc) is 2.27. The van der Waals surface area contributed by atoms with Gasteiger partial charge in [-0.15, -0.1) is 0 Å². The highest BCUT2D eigenvalue weighted by Gasteiger charge is 2.25. The van der Waals surface area contributed by atoms with E-state index in [0.29, 0.717) is 0 Å². The van der Waals surface area contributed by atoms with Gasteiger partial charge in [0.2, 0.25) is 0 Å². The Hall–Kier alpha value is -0.0900. The fraction of sp³-hybridized carbons (Fsp3) is 1.00. The van der Waals surface area contributed by atoms with Gasteiger partial charge in [-0.2, -0.15) is 0 Å². The van der Waals surface area contributed by atoms with E-state index >= 15 is 0 Å². The molecular weight excluding hydrogens is 241 g/mol. The molecule has 9 nitrogen and oxygen atoms in total. The minimum atomic E-state index is -3.68. The summed E-state index contributed by atoms with van der Waals surface area (Å²) in [5.41, 5.74) is 8.84. The molecule has 0 rings (SSSR count). The zero-order valence-corrected chi connectivity index (χ0v) is 9.69. The molecule has 0 aliphatic carbocycles. The van der Waals surface area contributed by atoms with Crippen LogP contribution in [-0.4, -0.2) is 49.9 Å². The van der Waals surface area contributed by atoms with E-state index in [1.165, 1.54) is 0 Å². The molecule has 6 N–H and O–H groups in total. The summed E-state index contributed by atoms with van der Waals surface area (Å²) in [7, 11) is -3.68. The van der Waals surface area contributed by atoms with Crippen molar-refractivity contribution in [2.24, 2.45) is 5.73 Å². The molecule has 0 spiro atoms. The van der Waals surface area contributed by atoms with Crippen LogP contribution < -0.4 is 16.7 Å². The standard InChI is InChI=1S/C6H18N3O6P/c7-1-4-13-16(12,14-5-2-8-10)15-6-3-9-11/h8-11H,1-7H2. The Morgan fingerprint density at radius 2 is 1.44 bits per heavy atom. The van der Waals surface area contributed by atoms with Crippen LogP contribution in [0.2, 0.25) is 0 Å². The van der Waals surface area contributed by atoms with Crippen molar-refractivity contribution in [2.75, 3.05) is 39.5 Å². The molecule has 0 amide bonds. The molecule has 0 atom stereocenters. The summed E-state index contributed by atoms with van der Waals surface area (Å²) in [6.07, 6.45) is 0. The molecule has 0 saturated carbocycles. The van der Waals surface area contributed by atoms with Crippen LogP contribution in [0.4, 0.5) is 0 Å². The predicted molar refractivity (Wildman–Crippen MR) is 54.1 cm³/mol. The van der Waals surface area contributed by atoms with Crippen molar-refractivity contribution in [3.63, 3.8) is 0 Å². The van der Waals surface area contributed by atoms with E-state index in [1.54, 1.807) is 0 Å². The minimum Gasteiger partial charge on any atom is -0.328 e. The van der Waals surface area contributed by atoms with Gasteiger partial charge < -0.3 is 16.1 Å². The first-order valence-corrected chi connectivity index (χ1v) is 6.12. The molecule has 10 heteroatoms. The first kappa shape index (κ1) is 15.9. The molecule has 0 saturated heterocycles. The van der Waals surface area contributed by atoms with Gasteiger partial charge in [0, 0.05) is 19.6 Å². The Kier molecular flexibility index (Phi) is 10.0. The molecule has 0 aromatic carbocycles. The van der Waals surface area contributed by atoms with Gasteiger partial charge >= 0.3 is 7.82 Å². The maximum atomic E-state index is 11.8. The molecule has 0 fully saturated rings. The summed E-state index contributed by atoms with van der Waals surface area (Å²) in [5, 5.41) is 16.6. The van der Waals surface area contributed by atoms with Gasteiger partial charge in [0.05, 0.1) is 19.8 Å². The van der Waals surface area contributed by atoms with Crippen molar-refractivity contribution < 1.29 is 28.6 Å². The van der Waals surface area contributed by atoms with Gasteiger partial charge in [0.25, 0.3) is 0 Å². The van der Waals surface area contributed by atoms with Gasteiger partial charge in [0.1, 0.15) is 0 Å². The van der Waals surface area contributed by atoms with Crippen LogP contribution in [0, 0.1) is 0 Å². The lowest BCUT2D eigenvalue weighted by Crippen LogP contribution is -2.18. The van der Waals surface area contributed by atoms with Crippen molar-refractivity contribution in [2.45, 2.75) is 0 Å². The number of hydroxylamine groups is 2. The largest absolute Gasteiger partial charge is 0.474 e. The van der Waals surface area contributed by atoms with E-state index in [1.807, 2.05) is 11.0 Å². The molecule has 0 bridgehead atoms. The van der Waals surface area contributed by atoms with Crippen molar-refractivity contribution in [1.82, 2.24) is 11.0 Å². The zero-order valence-electron chi connectivity index (χ0n) is 8.79. The van der Waals surface area contributed by atoms with Gasteiger partial charge in [-0.25, -0.2) is 15.5 Å². The number of phosphoric ester groups is 1. The van der Waals surface area contributed by atoms with E-state index in [2.05, 4.69) is 0 Å². The SMILES string of the molecule is NCCOP(=O)(OCCNO)OCCNO. The Labute approximate surface area is 93.4 Å². The fourth-order valence-electron chi connectivity index (χ4n) is 0.682. The second-order valence-electron chi connectivity index (χ2n) is 2.55. The topological polar surface area (TPSA) is 135 Å². The number of rotatable bonds is 11. The summed E-state index contributed by atoms with van der Waals surface area (Å²) in [4.78, 5) is 0. The molecule has 16 heavy (non-hydrogen) atoms.